The van der Waals surface area contributed by atoms with Gasteiger partial charge in [0.2, 0.25) is 0 Å². The Kier molecular flexibility index (Phi) is 4.46. The van der Waals surface area contributed by atoms with E-state index in [-0.39, 0.29) is 5.02 Å². The summed E-state index contributed by atoms with van der Waals surface area (Å²) in [4.78, 5) is 37.9. The molecule has 2 aromatic rings. The van der Waals surface area contributed by atoms with Crippen LogP contribution in [0.4, 0.5) is 16.2 Å². The molecular weight excluding hydrogens is 356 g/mol. The van der Waals surface area contributed by atoms with E-state index in [9.17, 15) is 14.4 Å². The molecule has 26 heavy (non-hydrogen) atoms. The molecule has 0 saturated heterocycles. The third-order valence-electron chi connectivity index (χ3n) is 3.64. The lowest BCUT2D eigenvalue weighted by molar-refractivity contribution is 0.0635. The molecule has 0 aromatic heterocycles. The summed E-state index contributed by atoms with van der Waals surface area (Å²) in [5.74, 6) is -0.816. The number of imide groups is 1. The summed E-state index contributed by atoms with van der Waals surface area (Å²) < 4.78 is 5.18. The van der Waals surface area contributed by atoms with E-state index in [0.717, 1.165) is 4.90 Å². The van der Waals surface area contributed by atoms with Crippen LogP contribution in [0.2, 0.25) is 5.02 Å². The lowest BCUT2D eigenvalue weighted by Gasteiger charge is -2.20. The van der Waals surface area contributed by atoms with Crippen LogP contribution in [0.3, 0.4) is 0 Å². The highest BCUT2D eigenvalue weighted by Crippen LogP contribution is 2.33. The van der Waals surface area contributed by atoms with E-state index < -0.39 is 23.5 Å². The Bertz CT molecular complexity index is 883. The molecule has 6 nitrogen and oxygen atoms in total. The number of fused-ring (bicyclic) bond motifs is 1. The van der Waals surface area contributed by atoms with Gasteiger partial charge in [-0.3, -0.25) is 14.9 Å². The lowest BCUT2D eigenvalue weighted by Crippen LogP contribution is -2.29. The minimum atomic E-state index is -0.645. The predicted octanol–water partition coefficient (Wildman–Crippen LogP) is 4.49. The van der Waals surface area contributed by atoms with Gasteiger partial charge in [-0.15, -0.1) is 0 Å². The summed E-state index contributed by atoms with van der Waals surface area (Å²) in [5.41, 5.74) is 0.711. The van der Waals surface area contributed by atoms with Crippen molar-refractivity contribution in [2.75, 3.05) is 10.2 Å². The Morgan fingerprint density at radius 1 is 1.04 bits per heavy atom. The van der Waals surface area contributed by atoms with Crippen molar-refractivity contribution in [2.24, 2.45) is 0 Å². The van der Waals surface area contributed by atoms with E-state index in [1.165, 1.54) is 12.1 Å². The number of benzene rings is 2. The normalized spacial score (nSPS) is 13.6. The van der Waals surface area contributed by atoms with Crippen LogP contribution in [-0.2, 0) is 4.74 Å². The first-order valence-corrected chi connectivity index (χ1v) is 8.32. The molecule has 0 saturated carbocycles. The Balaban J connectivity index is 1.84. The zero-order valence-corrected chi connectivity index (χ0v) is 15.3. The number of ether oxygens (including phenoxy) is 1. The molecule has 1 N–H and O–H groups in total. The van der Waals surface area contributed by atoms with Crippen molar-refractivity contribution in [1.82, 2.24) is 0 Å². The maximum atomic E-state index is 12.5. The van der Waals surface area contributed by atoms with Crippen LogP contribution in [0, 0.1) is 0 Å². The number of carbonyl (C=O) groups is 3. The first kappa shape index (κ1) is 17.9. The maximum Gasteiger partial charge on any atom is 0.412 e. The number of nitrogens with one attached hydrogen (secondary N) is 1. The average Bonchev–Trinajstić information content (AvgIpc) is 2.80. The average molecular weight is 373 g/mol. The SMILES string of the molecule is CC(C)(C)OC(=O)Nc1ccc(N2C(=O)c3ccccc3C2=O)cc1Cl. The fraction of sp³-hybridized carbons (Fsp3) is 0.211. The number of halogens is 1. The van der Waals surface area contributed by atoms with Crippen molar-refractivity contribution in [3.63, 3.8) is 0 Å². The third kappa shape index (κ3) is 3.41. The van der Waals surface area contributed by atoms with E-state index in [4.69, 9.17) is 16.3 Å². The van der Waals surface area contributed by atoms with Gasteiger partial charge in [-0.25, -0.2) is 9.69 Å². The molecule has 0 radical (unpaired) electrons. The minimum Gasteiger partial charge on any atom is -0.444 e. The summed E-state index contributed by atoms with van der Waals surface area (Å²) in [5, 5.41) is 2.73. The molecule has 7 heteroatoms. The predicted molar refractivity (Wildman–Crippen MR) is 98.9 cm³/mol. The molecule has 0 atom stereocenters. The smallest absolute Gasteiger partial charge is 0.412 e. The Labute approximate surface area is 155 Å². The van der Waals surface area contributed by atoms with Crippen LogP contribution in [0.25, 0.3) is 0 Å². The molecule has 0 unspecified atom stereocenters. The summed E-state index contributed by atoms with van der Waals surface area (Å²) in [6, 6.07) is 11.1. The van der Waals surface area contributed by atoms with Gasteiger partial charge >= 0.3 is 6.09 Å². The van der Waals surface area contributed by atoms with Gasteiger partial charge in [0.25, 0.3) is 11.8 Å². The first-order valence-electron chi connectivity index (χ1n) is 7.95. The van der Waals surface area contributed by atoms with Crippen molar-refractivity contribution in [3.8, 4) is 0 Å². The van der Waals surface area contributed by atoms with Gasteiger partial charge in [-0.1, -0.05) is 23.7 Å². The van der Waals surface area contributed by atoms with Crippen molar-refractivity contribution in [3.05, 3.63) is 58.6 Å². The molecule has 0 spiro atoms. The Morgan fingerprint density at radius 2 is 1.62 bits per heavy atom. The molecule has 1 heterocycles. The summed E-state index contributed by atoms with van der Waals surface area (Å²) >= 11 is 6.21. The van der Waals surface area contributed by atoms with E-state index in [0.29, 0.717) is 22.5 Å². The van der Waals surface area contributed by atoms with Gasteiger partial charge in [0, 0.05) is 0 Å². The van der Waals surface area contributed by atoms with Crippen molar-refractivity contribution in [1.29, 1.82) is 0 Å². The van der Waals surface area contributed by atoms with Crippen LogP contribution < -0.4 is 10.2 Å². The van der Waals surface area contributed by atoms with E-state index in [2.05, 4.69) is 5.32 Å². The highest BCUT2D eigenvalue weighted by molar-refractivity contribution is 6.36. The van der Waals surface area contributed by atoms with Gasteiger partial charge in [0.15, 0.2) is 0 Å². The number of amides is 3. The molecule has 0 aliphatic carbocycles. The number of nitrogens with zero attached hydrogens (tertiary/aromatic N) is 1. The van der Waals surface area contributed by atoms with Gasteiger partial charge < -0.3 is 4.74 Å². The minimum absolute atomic E-state index is 0.185. The first-order chi connectivity index (χ1) is 12.2. The highest BCUT2D eigenvalue weighted by Gasteiger charge is 2.36. The van der Waals surface area contributed by atoms with E-state index in [1.807, 2.05) is 0 Å². The number of hydrogen-bond donors (Lipinski definition) is 1. The number of hydrogen-bond acceptors (Lipinski definition) is 4. The zero-order chi connectivity index (χ0) is 19.1. The monoisotopic (exact) mass is 372 g/mol. The second-order valence-corrected chi connectivity index (χ2v) is 7.19. The van der Waals surface area contributed by atoms with Gasteiger partial charge in [-0.05, 0) is 51.1 Å². The number of carbonyl (C=O) groups excluding carboxylic acids is 3. The topological polar surface area (TPSA) is 75.7 Å². The highest BCUT2D eigenvalue weighted by atomic mass is 35.5. The molecule has 1 aliphatic rings. The van der Waals surface area contributed by atoms with Gasteiger partial charge in [-0.2, -0.15) is 0 Å². The molecule has 2 aromatic carbocycles. The van der Waals surface area contributed by atoms with Crippen LogP contribution in [-0.4, -0.2) is 23.5 Å². The molecule has 0 fully saturated rings. The lowest BCUT2D eigenvalue weighted by atomic mass is 10.1. The van der Waals surface area contributed by atoms with Crippen molar-refractivity contribution < 1.29 is 19.1 Å². The second-order valence-electron chi connectivity index (χ2n) is 6.78. The summed E-state index contributed by atoms with van der Waals surface area (Å²) in [6.07, 6.45) is -0.645. The van der Waals surface area contributed by atoms with E-state index >= 15 is 0 Å². The quantitative estimate of drug-likeness (QED) is 0.788. The largest absolute Gasteiger partial charge is 0.444 e. The second kappa shape index (κ2) is 6.46. The van der Waals surface area contributed by atoms with Crippen LogP contribution in [0.5, 0.6) is 0 Å². The maximum absolute atomic E-state index is 12.5. The van der Waals surface area contributed by atoms with Gasteiger partial charge in [0.1, 0.15) is 5.60 Å². The van der Waals surface area contributed by atoms with Crippen LogP contribution >= 0.6 is 11.6 Å². The summed E-state index contributed by atoms with van der Waals surface area (Å²) in [6.45, 7) is 5.25. The molecule has 0 bridgehead atoms. The fourth-order valence-corrected chi connectivity index (χ4v) is 2.80. The fourth-order valence-electron chi connectivity index (χ4n) is 2.58. The Morgan fingerprint density at radius 3 is 2.12 bits per heavy atom. The van der Waals surface area contributed by atoms with Crippen LogP contribution in [0.1, 0.15) is 41.5 Å². The van der Waals surface area contributed by atoms with E-state index in [1.54, 1.807) is 51.1 Å². The standard InChI is InChI=1S/C19H17ClN2O4/c1-19(2,3)26-18(25)21-15-9-8-11(10-14(15)20)22-16(23)12-6-4-5-7-13(12)17(22)24/h4-10H,1-3H3,(H,21,25). The zero-order valence-electron chi connectivity index (χ0n) is 14.5. The molecule has 134 valence electrons. The molecule has 3 rings (SSSR count). The summed E-state index contributed by atoms with van der Waals surface area (Å²) in [7, 11) is 0. The molecule has 1 aliphatic heterocycles. The number of anilines is 2. The molecule has 3 amide bonds. The van der Waals surface area contributed by atoms with Crippen molar-refractivity contribution in [2.45, 2.75) is 26.4 Å². The third-order valence-corrected chi connectivity index (χ3v) is 3.95. The van der Waals surface area contributed by atoms with Gasteiger partial charge in [0.05, 0.1) is 27.5 Å². The number of rotatable bonds is 2. The Hall–Kier alpha value is -2.86. The van der Waals surface area contributed by atoms with Crippen molar-refractivity contribution >= 4 is 40.9 Å². The van der Waals surface area contributed by atoms with Crippen LogP contribution in [0.15, 0.2) is 42.5 Å². The molecular formula is C19H17ClN2O4.